The quantitative estimate of drug-likeness (QED) is 0.568. The Morgan fingerprint density at radius 2 is 1.64 bits per heavy atom. The third-order valence-electron chi connectivity index (χ3n) is 1.01. The molecule has 0 bridgehead atoms. The molecule has 7 heteroatoms. The highest BCUT2D eigenvalue weighted by molar-refractivity contribution is 7.43. The number of carboxylic acids is 1. The van der Waals surface area contributed by atoms with E-state index in [0.717, 1.165) is 0 Å². The molecule has 0 aliphatic heterocycles. The molecule has 6 nitrogen and oxygen atoms in total. The standard InChI is InChI=1S/C7H6O2.H3O4P/c8-7(9)6-4-2-1-3-5-6;1-5(2,3)4/h1-5H,(H,8,9);(H3,1,2,3,4). The third-order valence-corrected chi connectivity index (χ3v) is 1.01. The van der Waals surface area contributed by atoms with Crippen molar-refractivity contribution in [3.63, 3.8) is 0 Å². The van der Waals surface area contributed by atoms with Crippen LogP contribution in [0, 0.1) is 0 Å². The van der Waals surface area contributed by atoms with E-state index < -0.39 is 13.8 Å². The average Bonchev–Trinajstić information content (AvgIpc) is 2.03. The van der Waals surface area contributed by atoms with E-state index >= 15 is 0 Å². The van der Waals surface area contributed by atoms with Gasteiger partial charge in [0.25, 0.3) is 7.82 Å². The van der Waals surface area contributed by atoms with Gasteiger partial charge in [-0.15, -0.1) is 0 Å². The van der Waals surface area contributed by atoms with E-state index in [1.54, 1.807) is 18.2 Å². The summed E-state index contributed by atoms with van der Waals surface area (Å²) >= 11 is 0. The van der Waals surface area contributed by atoms with Crippen molar-refractivity contribution in [2.75, 3.05) is 0 Å². The molecule has 0 spiro atoms. The Labute approximate surface area is 82.7 Å². The lowest BCUT2D eigenvalue weighted by Gasteiger charge is -2.01. The van der Waals surface area contributed by atoms with Crippen LogP contribution in [0.25, 0.3) is 0 Å². The second kappa shape index (κ2) is 5.51. The van der Waals surface area contributed by atoms with Gasteiger partial charge in [0.15, 0.2) is 0 Å². The van der Waals surface area contributed by atoms with Gasteiger partial charge >= 0.3 is 2.85 Å². The summed E-state index contributed by atoms with van der Waals surface area (Å²) < 4.78 is 8.77. The Morgan fingerprint density at radius 3 is 1.86 bits per heavy atom. The topological polar surface area (TPSA) is 121 Å². The van der Waals surface area contributed by atoms with Crippen LogP contribution in [0.3, 0.4) is 0 Å². The SMILES string of the molecule is O=C([O-])c1ccccc1.O=P([O-])(O)O.[H+].[H+]. The molecule has 0 unspecified atom stereocenters. The van der Waals surface area contributed by atoms with Crippen LogP contribution in [0.15, 0.2) is 30.3 Å². The monoisotopic (exact) mass is 220 g/mol. The van der Waals surface area contributed by atoms with Crippen LogP contribution in [0.1, 0.15) is 13.2 Å². The lowest BCUT2D eigenvalue weighted by Crippen LogP contribution is -2.21. The summed E-state index contributed by atoms with van der Waals surface area (Å²) in [5, 5.41) is 10.1. The Balaban J connectivity index is -0.000000214. The van der Waals surface area contributed by atoms with E-state index in [2.05, 4.69) is 0 Å². The molecule has 0 atom stereocenters. The van der Waals surface area contributed by atoms with Crippen LogP contribution in [0.2, 0.25) is 0 Å². The van der Waals surface area contributed by atoms with E-state index in [1.165, 1.54) is 12.1 Å². The predicted molar refractivity (Wildman–Crippen MR) is 45.0 cm³/mol. The number of carbonyl (C=O) groups is 1. The molecule has 0 aliphatic carbocycles. The Hall–Kier alpha value is -1.20. The van der Waals surface area contributed by atoms with Gasteiger partial charge in [0.05, 0.1) is 5.97 Å². The third kappa shape index (κ3) is 8.89. The van der Waals surface area contributed by atoms with Crippen molar-refractivity contribution < 1.29 is 32.0 Å². The van der Waals surface area contributed by atoms with Crippen molar-refractivity contribution in [3.05, 3.63) is 35.9 Å². The highest BCUT2D eigenvalue weighted by Crippen LogP contribution is 2.18. The highest BCUT2D eigenvalue weighted by Gasteiger charge is 1.86. The van der Waals surface area contributed by atoms with Gasteiger partial charge in [-0.05, 0) is 5.56 Å². The molecular weight excluding hydrogens is 211 g/mol. The first-order chi connectivity index (χ1) is 6.30. The number of hydrogen-bond acceptors (Lipinski definition) is 4. The Kier molecular flexibility index (Phi) is 5.04. The molecule has 0 radical (unpaired) electrons. The van der Waals surface area contributed by atoms with Gasteiger partial charge in [0, 0.05) is 0 Å². The van der Waals surface area contributed by atoms with Gasteiger partial charge < -0.3 is 24.6 Å². The van der Waals surface area contributed by atoms with Crippen molar-refractivity contribution in [2.45, 2.75) is 0 Å². The zero-order valence-electron chi connectivity index (χ0n) is 8.86. The molecular formula is C7H9O6P. The molecule has 0 fully saturated rings. The van der Waals surface area contributed by atoms with E-state index in [1.807, 2.05) is 0 Å². The molecule has 1 aromatic rings. The van der Waals surface area contributed by atoms with E-state index in [-0.39, 0.29) is 8.42 Å². The molecule has 1 rings (SSSR count). The number of carboxylic acid groups (broad SMARTS) is 1. The van der Waals surface area contributed by atoms with Crippen LogP contribution in [0.5, 0.6) is 0 Å². The molecule has 0 aliphatic rings. The van der Waals surface area contributed by atoms with E-state index in [4.69, 9.17) is 19.2 Å². The second-order valence-corrected chi connectivity index (χ2v) is 3.13. The first kappa shape index (κ1) is 12.8. The fourth-order valence-electron chi connectivity index (χ4n) is 0.574. The zero-order valence-corrected chi connectivity index (χ0v) is 7.76. The Morgan fingerprint density at radius 1 is 1.29 bits per heavy atom. The minimum absolute atomic E-state index is 0. The molecule has 78 valence electrons. The van der Waals surface area contributed by atoms with Gasteiger partial charge in [-0.2, -0.15) is 0 Å². The van der Waals surface area contributed by atoms with Gasteiger partial charge in [-0.3, -0.25) is 4.57 Å². The van der Waals surface area contributed by atoms with Crippen LogP contribution in [-0.2, 0) is 4.57 Å². The summed E-state index contributed by atoms with van der Waals surface area (Å²) in [4.78, 5) is 33.0. The second-order valence-electron chi connectivity index (χ2n) is 2.14. The van der Waals surface area contributed by atoms with Gasteiger partial charge in [0.1, 0.15) is 0 Å². The maximum absolute atomic E-state index is 10.1. The summed E-state index contributed by atoms with van der Waals surface area (Å²) in [6, 6.07) is 8.06. The van der Waals surface area contributed by atoms with Crippen LogP contribution < -0.4 is 10.00 Å². The van der Waals surface area contributed by atoms with Crippen molar-refractivity contribution in [1.82, 2.24) is 0 Å². The molecule has 1 aromatic carbocycles. The fourth-order valence-corrected chi connectivity index (χ4v) is 0.574. The normalized spacial score (nSPS) is 9.93. The first-order valence-corrected chi connectivity index (χ1v) is 4.86. The summed E-state index contributed by atoms with van der Waals surface area (Å²) in [5.74, 6) is -1.13. The van der Waals surface area contributed by atoms with Gasteiger partial charge in [-0.25, -0.2) is 0 Å². The predicted octanol–water partition coefficient (Wildman–Crippen LogP) is -1.29. The average molecular weight is 220 g/mol. The number of rotatable bonds is 1. The number of hydrogen-bond donors (Lipinski definition) is 2. The molecule has 2 N–H and O–H groups in total. The number of carbonyl (C=O) groups excluding carboxylic acids is 1. The Bertz CT molecular complexity index is 330. The van der Waals surface area contributed by atoms with Crippen molar-refractivity contribution >= 4 is 13.8 Å². The van der Waals surface area contributed by atoms with Crippen molar-refractivity contribution in [3.8, 4) is 0 Å². The van der Waals surface area contributed by atoms with Crippen LogP contribution >= 0.6 is 7.82 Å². The molecule has 0 heterocycles. The smallest absolute Gasteiger partial charge is 0.756 e. The van der Waals surface area contributed by atoms with Gasteiger partial charge in [-0.1, -0.05) is 30.3 Å². The van der Waals surface area contributed by atoms with Crippen LogP contribution in [0.4, 0.5) is 0 Å². The largest absolute Gasteiger partial charge is 1.00 e. The fraction of sp³-hybridized carbons (Fsp3) is 0. The highest BCUT2D eigenvalue weighted by atomic mass is 31.2. The summed E-state index contributed by atoms with van der Waals surface area (Å²) in [7, 11) is -4.89. The van der Waals surface area contributed by atoms with E-state index in [0.29, 0.717) is 0 Å². The number of aromatic carboxylic acids is 1. The zero-order chi connectivity index (χ0) is 11.2. The van der Waals surface area contributed by atoms with E-state index in [9.17, 15) is 9.90 Å². The number of phosphoric acid groups is 1. The van der Waals surface area contributed by atoms with Crippen LogP contribution in [-0.4, -0.2) is 15.8 Å². The number of benzene rings is 1. The molecule has 0 saturated carbocycles. The minimum atomic E-state index is -4.89. The maximum Gasteiger partial charge on any atom is 1.00 e. The molecule has 0 aromatic heterocycles. The summed E-state index contributed by atoms with van der Waals surface area (Å²) in [5.41, 5.74) is 0.220. The lowest BCUT2D eigenvalue weighted by molar-refractivity contribution is -0.255. The summed E-state index contributed by atoms with van der Waals surface area (Å²) in [6.07, 6.45) is 0. The van der Waals surface area contributed by atoms with Crippen molar-refractivity contribution in [2.24, 2.45) is 0 Å². The maximum atomic E-state index is 10.1. The summed E-state index contributed by atoms with van der Waals surface area (Å²) in [6.45, 7) is 0. The van der Waals surface area contributed by atoms with Gasteiger partial charge in [0.2, 0.25) is 0 Å². The van der Waals surface area contributed by atoms with Crippen molar-refractivity contribution in [1.29, 1.82) is 0 Å². The molecule has 0 saturated heterocycles. The minimum Gasteiger partial charge on any atom is -0.756 e. The molecule has 14 heavy (non-hydrogen) atoms. The first-order valence-electron chi connectivity index (χ1n) is 3.33. The lowest BCUT2D eigenvalue weighted by atomic mass is 10.2. The molecule has 0 amide bonds.